The lowest BCUT2D eigenvalue weighted by Gasteiger charge is -2.28. The van der Waals surface area contributed by atoms with Crippen LogP contribution in [0.4, 0.5) is 0 Å². The fraction of sp³-hybridized carbons (Fsp3) is 0.381. The molecule has 0 saturated heterocycles. The van der Waals surface area contributed by atoms with Gasteiger partial charge >= 0.3 is 0 Å². The smallest absolute Gasteiger partial charge is 0.243 e. The number of nitrogens with one attached hydrogen (secondary N) is 1. The van der Waals surface area contributed by atoms with Gasteiger partial charge in [0.05, 0.1) is 18.0 Å². The van der Waals surface area contributed by atoms with Crippen LogP contribution in [0.5, 0.6) is 5.75 Å². The van der Waals surface area contributed by atoms with Crippen LogP contribution in [-0.2, 0) is 14.8 Å². The van der Waals surface area contributed by atoms with Crippen LogP contribution >= 0.6 is 0 Å². The third-order valence-electron chi connectivity index (χ3n) is 4.59. The summed E-state index contributed by atoms with van der Waals surface area (Å²) in [6.45, 7) is 2.63. The number of sulfonamides is 1. The van der Waals surface area contributed by atoms with Crippen molar-refractivity contribution in [1.29, 1.82) is 0 Å². The van der Waals surface area contributed by atoms with Gasteiger partial charge < -0.3 is 10.1 Å². The SMILES string of the molecule is CCCCNC(=O)C[C@@H](c1ccc(OC)cc1)N(C)S(=O)(=O)c1ccccc1. The van der Waals surface area contributed by atoms with Gasteiger partial charge in [0.25, 0.3) is 0 Å². The van der Waals surface area contributed by atoms with Crippen molar-refractivity contribution in [2.24, 2.45) is 0 Å². The summed E-state index contributed by atoms with van der Waals surface area (Å²) in [5, 5.41) is 2.87. The first kappa shape index (κ1) is 21.9. The zero-order valence-electron chi connectivity index (χ0n) is 16.6. The molecule has 0 aliphatic carbocycles. The van der Waals surface area contributed by atoms with Gasteiger partial charge in [-0.1, -0.05) is 43.7 Å². The van der Waals surface area contributed by atoms with Crippen LogP contribution in [-0.4, -0.2) is 39.3 Å². The summed E-state index contributed by atoms with van der Waals surface area (Å²) in [6, 6.07) is 14.7. The van der Waals surface area contributed by atoms with Crippen molar-refractivity contribution < 1.29 is 17.9 Å². The number of benzene rings is 2. The van der Waals surface area contributed by atoms with Gasteiger partial charge in [0.15, 0.2) is 0 Å². The van der Waals surface area contributed by atoms with Gasteiger partial charge in [0, 0.05) is 20.0 Å². The van der Waals surface area contributed by atoms with E-state index in [-0.39, 0.29) is 17.2 Å². The Balaban J connectivity index is 2.32. The molecule has 0 heterocycles. The minimum atomic E-state index is -3.75. The van der Waals surface area contributed by atoms with Gasteiger partial charge in [0.1, 0.15) is 5.75 Å². The highest BCUT2D eigenvalue weighted by atomic mass is 32.2. The van der Waals surface area contributed by atoms with Crippen molar-refractivity contribution in [2.45, 2.75) is 37.1 Å². The van der Waals surface area contributed by atoms with Crippen LogP contribution < -0.4 is 10.1 Å². The van der Waals surface area contributed by atoms with Crippen LogP contribution in [0.3, 0.4) is 0 Å². The number of nitrogens with zero attached hydrogens (tertiary/aromatic N) is 1. The first-order chi connectivity index (χ1) is 13.4. The summed E-state index contributed by atoms with van der Waals surface area (Å²) >= 11 is 0. The van der Waals surface area contributed by atoms with Gasteiger partial charge in [-0.15, -0.1) is 0 Å². The monoisotopic (exact) mass is 404 g/mol. The molecule has 1 atom stereocenters. The second-order valence-corrected chi connectivity index (χ2v) is 8.53. The number of hydrogen-bond donors (Lipinski definition) is 1. The first-order valence-corrected chi connectivity index (χ1v) is 10.8. The maximum atomic E-state index is 13.1. The van der Waals surface area contributed by atoms with Crippen molar-refractivity contribution in [3.8, 4) is 5.75 Å². The molecule has 0 radical (unpaired) electrons. The molecule has 0 spiro atoms. The molecule has 7 heteroatoms. The van der Waals surface area contributed by atoms with E-state index in [4.69, 9.17) is 4.74 Å². The number of amides is 1. The Bertz CT molecular complexity index is 852. The third-order valence-corrected chi connectivity index (χ3v) is 6.47. The van der Waals surface area contributed by atoms with Gasteiger partial charge in [-0.3, -0.25) is 4.79 Å². The lowest BCUT2D eigenvalue weighted by Crippen LogP contribution is -2.35. The lowest BCUT2D eigenvalue weighted by molar-refractivity contribution is -0.121. The van der Waals surface area contributed by atoms with Crippen molar-refractivity contribution in [3.05, 3.63) is 60.2 Å². The number of hydrogen-bond acceptors (Lipinski definition) is 4. The standard InChI is InChI=1S/C21H28N2O4S/c1-4-5-15-22-21(24)16-20(17-11-13-18(27-3)14-12-17)23(2)28(25,26)19-9-7-6-8-10-19/h6-14,20H,4-5,15-16H2,1-3H3,(H,22,24)/t20-/m0/s1. The van der Waals surface area contributed by atoms with E-state index in [9.17, 15) is 13.2 Å². The number of carbonyl (C=O) groups is 1. The third kappa shape index (κ3) is 5.56. The zero-order chi connectivity index (χ0) is 20.6. The maximum Gasteiger partial charge on any atom is 0.243 e. The van der Waals surface area contributed by atoms with E-state index in [0.29, 0.717) is 12.3 Å². The molecule has 0 aromatic heterocycles. The van der Waals surface area contributed by atoms with Crippen LogP contribution in [0.25, 0.3) is 0 Å². The number of ether oxygens (including phenoxy) is 1. The summed E-state index contributed by atoms with van der Waals surface area (Å²) in [5.74, 6) is 0.493. The Hall–Kier alpha value is -2.38. The Morgan fingerprint density at radius 3 is 2.32 bits per heavy atom. The van der Waals surface area contributed by atoms with Gasteiger partial charge in [-0.05, 0) is 36.2 Å². The largest absolute Gasteiger partial charge is 0.497 e. The predicted molar refractivity (Wildman–Crippen MR) is 110 cm³/mol. The Kier molecular flexibility index (Phi) is 8.02. The van der Waals surface area contributed by atoms with Crippen LogP contribution in [0.2, 0.25) is 0 Å². The topological polar surface area (TPSA) is 75.7 Å². The maximum absolute atomic E-state index is 13.1. The summed E-state index contributed by atoms with van der Waals surface area (Å²) < 4.78 is 32.6. The predicted octanol–water partition coefficient (Wildman–Crippen LogP) is 3.36. The molecule has 0 saturated carbocycles. The first-order valence-electron chi connectivity index (χ1n) is 9.34. The molecule has 2 aromatic carbocycles. The van der Waals surface area contributed by atoms with Crippen LogP contribution in [0.1, 0.15) is 37.8 Å². The molecule has 1 amide bonds. The molecule has 6 nitrogen and oxygen atoms in total. The molecule has 0 bridgehead atoms. The number of rotatable bonds is 10. The second-order valence-electron chi connectivity index (χ2n) is 6.53. The summed E-state index contributed by atoms with van der Waals surface area (Å²) in [7, 11) is -0.671. The van der Waals surface area contributed by atoms with Crippen molar-refractivity contribution in [3.63, 3.8) is 0 Å². The molecule has 0 unspecified atom stereocenters. The highest BCUT2D eigenvalue weighted by Gasteiger charge is 2.30. The second kappa shape index (κ2) is 10.2. The van der Waals surface area contributed by atoms with E-state index >= 15 is 0 Å². The summed E-state index contributed by atoms with van der Waals surface area (Å²) in [4.78, 5) is 12.6. The minimum Gasteiger partial charge on any atom is -0.497 e. The number of unbranched alkanes of at least 4 members (excludes halogenated alkanes) is 1. The highest BCUT2D eigenvalue weighted by Crippen LogP contribution is 2.30. The van der Waals surface area contributed by atoms with Gasteiger partial charge in [0.2, 0.25) is 15.9 Å². The van der Waals surface area contributed by atoms with Crippen LogP contribution in [0.15, 0.2) is 59.5 Å². The molecule has 0 aliphatic rings. The van der Waals surface area contributed by atoms with E-state index in [1.165, 1.54) is 11.4 Å². The Labute approximate surface area is 167 Å². The summed E-state index contributed by atoms with van der Waals surface area (Å²) in [6.07, 6.45) is 1.90. The van der Waals surface area contributed by atoms with Crippen molar-refractivity contribution >= 4 is 15.9 Å². The molecule has 0 fully saturated rings. The minimum absolute atomic E-state index is 0.0403. The molecular weight excluding hydrogens is 376 g/mol. The van der Waals surface area contributed by atoms with Gasteiger partial charge in [-0.2, -0.15) is 4.31 Å². The van der Waals surface area contributed by atoms with E-state index in [1.807, 2.05) is 6.92 Å². The Morgan fingerprint density at radius 2 is 1.75 bits per heavy atom. The van der Waals surface area contributed by atoms with E-state index < -0.39 is 16.1 Å². The van der Waals surface area contributed by atoms with Crippen molar-refractivity contribution in [1.82, 2.24) is 9.62 Å². The molecule has 152 valence electrons. The molecule has 2 rings (SSSR count). The molecule has 2 aromatic rings. The van der Waals surface area contributed by atoms with E-state index in [2.05, 4.69) is 5.32 Å². The average molecular weight is 405 g/mol. The summed E-state index contributed by atoms with van der Waals surface area (Å²) in [5.41, 5.74) is 0.730. The van der Waals surface area contributed by atoms with Crippen molar-refractivity contribution in [2.75, 3.05) is 20.7 Å². The number of methoxy groups -OCH3 is 1. The Morgan fingerprint density at radius 1 is 1.11 bits per heavy atom. The van der Waals surface area contributed by atoms with Crippen LogP contribution in [0, 0.1) is 0 Å². The quantitative estimate of drug-likeness (QED) is 0.616. The molecule has 0 aliphatic heterocycles. The zero-order valence-corrected chi connectivity index (χ0v) is 17.4. The fourth-order valence-corrected chi connectivity index (χ4v) is 4.23. The lowest BCUT2D eigenvalue weighted by atomic mass is 10.0. The fourth-order valence-electron chi connectivity index (χ4n) is 2.86. The molecule has 1 N–H and O–H groups in total. The van der Waals surface area contributed by atoms with E-state index in [1.54, 1.807) is 61.7 Å². The molecule has 28 heavy (non-hydrogen) atoms. The van der Waals surface area contributed by atoms with E-state index in [0.717, 1.165) is 18.4 Å². The van der Waals surface area contributed by atoms with Gasteiger partial charge in [-0.25, -0.2) is 8.42 Å². The molecular formula is C21H28N2O4S. The normalized spacial score (nSPS) is 12.6. The highest BCUT2D eigenvalue weighted by molar-refractivity contribution is 7.89. The average Bonchev–Trinajstić information content (AvgIpc) is 2.72. The number of carbonyl (C=O) groups excluding carboxylic acids is 1.